The summed E-state index contributed by atoms with van der Waals surface area (Å²) < 4.78 is 0. The van der Waals surface area contributed by atoms with Gasteiger partial charge < -0.3 is 0 Å². The van der Waals surface area contributed by atoms with E-state index in [4.69, 9.17) is 0 Å². The molecule has 0 N–H and O–H groups in total. The zero-order valence-electron chi connectivity index (χ0n) is 6.49. The van der Waals surface area contributed by atoms with Crippen LogP contribution in [0.5, 0.6) is 0 Å². The van der Waals surface area contributed by atoms with E-state index in [2.05, 4.69) is 0 Å². The van der Waals surface area contributed by atoms with Gasteiger partial charge in [0.05, 0.1) is 0 Å². The highest BCUT2D eigenvalue weighted by molar-refractivity contribution is 5.77. The number of hydrogen-bond acceptors (Lipinski definition) is 1. The van der Waals surface area contributed by atoms with Gasteiger partial charge in [-0.2, -0.15) is 0 Å². The minimum absolute atomic E-state index is 0.213. The van der Waals surface area contributed by atoms with Crippen molar-refractivity contribution in [1.82, 2.24) is 0 Å². The molecule has 0 aromatic rings. The highest BCUT2D eigenvalue weighted by Gasteiger charge is 1.94. The zero-order chi connectivity index (χ0) is 7.15. The van der Waals surface area contributed by atoms with Crippen molar-refractivity contribution >= 4 is 5.78 Å². The van der Waals surface area contributed by atoms with Gasteiger partial charge in [-0.3, -0.25) is 4.79 Å². The van der Waals surface area contributed by atoms with Crippen LogP contribution in [0.3, 0.4) is 0 Å². The van der Waals surface area contributed by atoms with E-state index in [1.54, 1.807) is 6.92 Å². The third-order valence-corrected chi connectivity index (χ3v) is 0.813. The van der Waals surface area contributed by atoms with E-state index in [0.717, 1.165) is 0 Å². The van der Waals surface area contributed by atoms with E-state index in [-0.39, 0.29) is 11.7 Å². The molecule has 1 heteroatoms. The summed E-state index contributed by atoms with van der Waals surface area (Å²) in [7, 11) is 0. The molecule has 0 radical (unpaired) electrons. The molecule has 0 saturated carbocycles. The highest BCUT2D eigenvalue weighted by atomic mass is 16.1. The number of hydrogen-bond donors (Lipinski definition) is 0. The molecule has 0 saturated heterocycles. The maximum absolute atomic E-state index is 10.1. The molecule has 8 heavy (non-hydrogen) atoms. The molecule has 0 aliphatic heterocycles. The summed E-state index contributed by atoms with van der Waals surface area (Å²) in [6, 6.07) is 0. The Balaban J connectivity index is 0. The van der Waals surface area contributed by atoms with Crippen molar-refractivity contribution in [3.8, 4) is 0 Å². The molecule has 0 fully saturated rings. The van der Waals surface area contributed by atoms with Crippen LogP contribution < -0.4 is 0 Å². The van der Waals surface area contributed by atoms with Gasteiger partial charge in [0.15, 0.2) is 0 Å². The summed E-state index contributed by atoms with van der Waals surface area (Å²) in [6.07, 6.45) is 0. The van der Waals surface area contributed by atoms with Crippen LogP contribution in [0.25, 0.3) is 0 Å². The smallest absolute Gasteiger partial charge is 0.132 e. The lowest BCUT2D eigenvalue weighted by molar-refractivity contribution is -0.119. The van der Waals surface area contributed by atoms with E-state index >= 15 is 0 Å². The first-order valence-electron chi connectivity index (χ1n) is 3.15. The lowest BCUT2D eigenvalue weighted by atomic mass is 10.1. The van der Waals surface area contributed by atoms with Crippen LogP contribution >= 0.6 is 0 Å². The summed E-state index contributed by atoms with van der Waals surface area (Å²) in [5.74, 6) is 0.472. The molecule has 0 unspecified atom stereocenters. The van der Waals surface area contributed by atoms with E-state index < -0.39 is 0 Å². The molecule has 0 spiro atoms. The van der Waals surface area contributed by atoms with Crippen molar-refractivity contribution in [2.45, 2.75) is 34.6 Å². The van der Waals surface area contributed by atoms with E-state index in [9.17, 15) is 4.79 Å². The van der Waals surface area contributed by atoms with Crippen LogP contribution in [0.2, 0.25) is 0 Å². The van der Waals surface area contributed by atoms with E-state index in [0.29, 0.717) is 0 Å². The van der Waals surface area contributed by atoms with Gasteiger partial charge in [-0.1, -0.05) is 27.7 Å². The number of carbonyl (C=O) groups excluding carboxylic acids is 1. The van der Waals surface area contributed by atoms with Gasteiger partial charge in [-0.25, -0.2) is 0 Å². The maximum atomic E-state index is 10.1. The second-order valence-corrected chi connectivity index (χ2v) is 1.77. The summed E-state index contributed by atoms with van der Waals surface area (Å²) in [5, 5.41) is 0. The van der Waals surface area contributed by atoms with E-state index in [1.807, 2.05) is 27.7 Å². The van der Waals surface area contributed by atoms with Crippen LogP contribution in [0.1, 0.15) is 34.6 Å². The van der Waals surface area contributed by atoms with Crippen LogP contribution in [-0.4, -0.2) is 5.78 Å². The molecular formula is C7H16O. The van der Waals surface area contributed by atoms with Gasteiger partial charge in [0.25, 0.3) is 0 Å². The van der Waals surface area contributed by atoms with Crippen molar-refractivity contribution in [2.75, 3.05) is 0 Å². The standard InChI is InChI=1S/C5H10O.C2H6/c1-4(2)5(3)6;1-2/h4H,1-3H3;1-2H3. The van der Waals surface area contributed by atoms with Gasteiger partial charge >= 0.3 is 0 Å². The Kier molecular flexibility index (Phi) is 8.85. The molecule has 50 valence electrons. The molecule has 0 aliphatic rings. The monoisotopic (exact) mass is 116 g/mol. The van der Waals surface area contributed by atoms with Crippen molar-refractivity contribution in [2.24, 2.45) is 5.92 Å². The zero-order valence-corrected chi connectivity index (χ0v) is 6.49. The maximum Gasteiger partial charge on any atom is 0.132 e. The van der Waals surface area contributed by atoms with Crippen molar-refractivity contribution < 1.29 is 4.79 Å². The van der Waals surface area contributed by atoms with Gasteiger partial charge in [0.2, 0.25) is 0 Å². The quantitative estimate of drug-likeness (QED) is 0.513. The molecule has 0 atom stereocenters. The number of ketones is 1. The van der Waals surface area contributed by atoms with Crippen molar-refractivity contribution in [3.05, 3.63) is 0 Å². The number of rotatable bonds is 1. The summed E-state index contributed by atoms with van der Waals surface area (Å²) in [4.78, 5) is 10.1. The molecule has 0 aromatic carbocycles. The average Bonchev–Trinajstić information content (AvgIpc) is 1.72. The fraction of sp³-hybridized carbons (Fsp3) is 0.857. The summed E-state index contributed by atoms with van der Waals surface area (Å²) in [6.45, 7) is 9.38. The third-order valence-electron chi connectivity index (χ3n) is 0.813. The largest absolute Gasteiger partial charge is 0.300 e. The average molecular weight is 116 g/mol. The molecule has 1 nitrogen and oxygen atoms in total. The third kappa shape index (κ3) is 9.18. The summed E-state index contributed by atoms with van der Waals surface area (Å²) >= 11 is 0. The van der Waals surface area contributed by atoms with E-state index in [1.165, 1.54) is 0 Å². The number of carbonyl (C=O) groups is 1. The lowest BCUT2D eigenvalue weighted by Crippen LogP contribution is -1.98. The predicted molar refractivity (Wildman–Crippen MR) is 36.9 cm³/mol. The fourth-order valence-electron chi connectivity index (χ4n) is 0. The van der Waals surface area contributed by atoms with Crippen molar-refractivity contribution in [3.63, 3.8) is 0 Å². The van der Waals surface area contributed by atoms with Crippen LogP contribution in [0.15, 0.2) is 0 Å². The Labute approximate surface area is 52.1 Å². The van der Waals surface area contributed by atoms with Crippen molar-refractivity contribution in [1.29, 1.82) is 0 Å². The number of Topliss-reactive ketones (excluding diaryl/α,β-unsaturated/α-hetero) is 1. The minimum Gasteiger partial charge on any atom is -0.300 e. The lowest BCUT2D eigenvalue weighted by Gasteiger charge is -1.90. The Bertz CT molecular complexity index is 55.4. The minimum atomic E-state index is 0.213. The molecule has 0 bridgehead atoms. The first kappa shape index (κ1) is 10.6. The van der Waals surface area contributed by atoms with Crippen LogP contribution in [0, 0.1) is 5.92 Å². The van der Waals surface area contributed by atoms with Gasteiger partial charge in [0.1, 0.15) is 5.78 Å². The predicted octanol–water partition coefficient (Wildman–Crippen LogP) is 2.26. The molecule has 0 heterocycles. The Hall–Kier alpha value is -0.330. The second-order valence-electron chi connectivity index (χ2n) is 1.77. The van der Waals surface area contributed by atoms with Gasteiger partial charge in [0, 0.05) is 5.92 Å². The second kappa shape index (κ2) is 6.67. The first-order valence-corrected chi connectivity index (χ1v) is 3.15. The van der Waals surface area contributed by atoms with Crippen LogP contribution in [-0.2, 0) is 4.79 Å². The molecule has 0 amide bonds. The van der Waals surface area contributed by atoms with Gasteiger partial charge in [-0.05, 0) is 6.92 Å². The Morgan fingerprint density at radius 3 is 1.38 bits per heavy atom. The molecular weight excluding hydrogens is 100 g/mol. The summed E-state index contributed by atoms with van der Waals surface area (Å²) in [5.41, 5.74) is 0. The molecule has 0 rings (SSSR count). The molecule has 0 aromatic heterocycles. The first-order chi connectivity index (χ1) is 3.64. The topological polar surface area (TPSA) is 17.1 Å². The van der Waals surface area contributed by atoms with Crippen LogP contribution in [0.4, 0.5) is 0 Å². The molecule has 0 aliphatic carbocycles. The highest BCUT2D eigenvalue weighted by Crippen LogP contribution is 1.89. The van der Waals surface area contributed by atoms with Gasteiger partial charge in [-0.15, -0.1) is 0 Å². The Morgan fingerprint density at radius 2 is 1.38 bits per heavy atom. The fourth-order valence-corrected chi connectivity index (χ4v) is 0. The Morgan fingerprint density at radius 1 is 1.25 bits per heavy atom. The normalized spacial score (nSPS) is 7.75. The SMILES string of the molecule is CC.CC(=O)C(C)C.